The zero-order valence-electron chi connectivity index (χ0n) is 8.52. The van der Waals surface area contributed by atoms with Gasteiger partial charge in [-0.1, -0.05) is 0 Å². The normalized spacial score (nSPS) is 10.9. The average molecular weight is 188 g/mol. The summed E-state index contributed by atoms with van der Waals surface area (Å²) < 4.78 is 0. The highest BCUT2D eigenvalue weighted by molar-refractivity contribution is 5.82. The van der Waals surface area contributed by atoms with E-state index in [0.717, 1.165) is 5.84 Å². The number of amidine groups is 1. The third-order valence-corrected chi connectivity index (χ3v) is 1.82. The maximum absolute atomic E-state index is 8.80. The zero-order valence-corrected chi connectivity index (χ0v) is 8.52. The highest BCUT2D eigenvalue weighted by atomic mass is 15.1. The molecule has 0 saturated carbocycles. The first-order valence-electron chi connectivity index (χ1n) is 4.23. The van der Waals surface area contributed by atoms with Gasteiger partial charge in [-0.2, -0.15) is 5.26 Å². The summed E-state index contributed by atoms with van der Waals surface area (Å²) in [4.78, 5) is 10.1. The highest BCUT2D eigenvalue weighted by Gasteiger charge is 2.01. The molecule has 0 aliphatic rings. The number of aliphatic imine (C=N–C) groups is 1. The van der Waals surface area contributed by atoms with E-state index in [2.05, 4.69) is 16.0 Å². The molecule has 1 heterocycles. The molecular formula is C10H12N4. The third kappa shape index (κ3) is 2.30. The van der Waals surface area contributed by atoms with Gasteiger partial charge in [-0.3, -0.25) is 0 Å². The van der Waals surface area contributed by atoms with Crippen molar-refractivity contribution in [1.82, 2.24) is 9.88 Å². The van der Waals surface area contributed by atoms with E-state index >= 15 is 0 Å². The Morgan fingerprint density at radius 3 is 2.86 bits per heavy atom. The number of rotatable bonds is 1. The lowest BCUT2D eigenvalue weighted by Gasteiger charge is -2.10. The van der Waals surface area contributed by atoms with Crippen molar-refractivity contribution in [2.75, 3.05) is 14.1 Å². The van der Waals surface area contributed by atoms with Gasteiger partial charge in [-0.05, 0) is 19.1 Å². The van der Waals surface area contributed by atoms with Crippen molar-refractivity contribution < 1.29 is 0 Å². The molecule has 0 spiro atoms. The van der Waals surface area contributed by atoms with E-state index in [4.69, 9.17) is 5.26 Å². The van der Waals surface area contributed by atoms with Gasteiger partial charge < -0.3 is 4.90 Å². The maximum Gasteiger partial charge on any atom is 0.171 e. The number of nitrogens with zero attached hydrogens (tertiary/aromatic N) is 4. The molecule has 0 fully saturated rings. The Bertz CT molecular complexity index is 387. The summed E-state index contributed by atoms with van der Waals surface area (Å²) in [5.41, 5.74) is 0.494. The number of aromatic nitrogens is 1. The second-order valence-corrected chi connectivity index (χ2v) is 3.04. The average Bonchev–Trinajstić information content (AvgIpc) is 2.18. The minimum atomic E-state index is 0.473. The lowest BCUT2D eigenvalue weighted by atomic mass is 10.3. The zero-order chi connectivity index (χ0) is 10.6. The van der Waals surface area contributed by atoms with Gasteiger partial charge in [0.1, 0.15) is 11.9 Å². The van der Waals surface area contributed by atoms with Crippen LogP contribution in [-0.2, 0) is 0 Å². The molecule has 0 aliphatic heterocycles. The predicted molar refractivity (Wildman–Crippen MR) is 55.4 cm³/mol. The fourth-order valence-electron chi connectivity index (χ4n) is 0.827. The molecule has 0 saturated heterocycles. The van der Waals surface area contributed by atoms with Crippen molar-refractivity contribution in [3.63, 3.8) is 0 Å². The monoisotopic (exact) mass is 188 g/mol. The van der Waals surface area contributed by atoms with Gasteiger partial charge in [0.25, 0.3) is 0 Å². The van der Waals surface area contributed by atoms with Crippen LogP contribution in [0, 0.1) is 11.3 Å². The van der Waals surface area contributed by atoms with Gasteiger partial charge in [-0.25, -0.2) is 9.98 Å². The van der Waals surface area contributed by atoms with Gasteiger partial charge in [0.05, 0.1) is 5.56 Å². The topological polar surface area (TPSA) is 52.3 Å². The van der Waals surface area contributed by atoms with Crippen molar-refractivity contribution >= 4 is 11.7 Å². The van der Waals surface area contributed by atoms with Crippen molar-refractivity contribution in [2.45, 2.75) is 6.92 Å². The van der Waals surface area contributed by atoms with E-state index < -0.39 is 0 Å². The van der Waals surface area contributed by atoms with Crippen LogP contribution < -0.4 is 0 Å². The molecule has 1 aromatic rings. The van der Waals surface area contributed by atoms with Crippen LogP contribution in [0.25, 0.3) is 0 Å². The lowest BCUT2D eigenvalue weighted by molar-refractivity contribution is 0.618. The predicted octanol–water partition coefficient (Wildman–Crippen LogP) is 1.56. The van der Waals surface area contributed by atoms with Crippen LogP contribution in [0.5, 0.6) is 0 Å². The highest BCUT2D eigenvalue weighted by Crippen LogP contribution is 2.13. The third-order valence-electron chi connectivity index (χ3n) is 1.82. The van der Waals surface area contributed by atoms with Crippen LogP contribution in [0.3, 0.4) is 0 Å². The Labute approximate surface area is 83.5 Å². The van der Waals surface area contributed by atoms with Crippen molar-refractivity contribution in [1.29, 1.82) is 5.26 Å². The van der Waals surface area contributed by atoms with E-state index in [9.17, 15) is 0 Å². The molecule has 0 aromatic carbocycles. The van der Waals surface area contributed by atoms with Gasteiger partial charge >= 0.3 is 0 Å². The van der Waals surface area contributed by atoms with Crippen LogP contribution in [0.2, 0.25) is 0 Å². The Hall–Kier alpha value is -1.89. The molecule has 0 aliphatic carbocycles. The first kappa shape index (κ1) is 10.2. The Kier molecular flexibility index (Phi) is 3.19. The summed E-state index contributed by atoms with van der Waals surface area (Å²) >= 11 is 0. The Morgan fingerprint density at radius 1 is 1.57 bits per heavy atom. The molecule has 0 amide bonds. The van der Waals surface area contributed by atoms with E-state index in [1.54, 1.807) is 18.3 Å². The van der Waals surface area contributed by atoms with E-state index in [1.165, 1.54) is 0 Å². The van der Waals surface area contributed by atoms with Gasteiger partial charge in [0.2, 0.25) is 0 Å². The van der Waals surface area contributed by atoms with Crippen LogP contribution in [0.1, 0.15) is 12.5 Å². The molecule has 14 heavy (non-hydrogen) atoms. The number of nitriles is 1. The molecule has 72 valence electrons. The molecule has 4 heteroatoms. The molecule has 4 nitrogen and oxygen atoms in total. The first-order valence-corrected chi connectivity index (χ1v) is 4.23. The number of hydrogen-bond acceptors (Lipinski definition) is 3. The van der Waals surface area contributed by atoms with Gasteiger partial charge in [0.15, 0.2) is 5.82 Å². The van der Waals surface area contributed by atoms with Crippen LogP contribution in [0.4, 0.5) is 5.82 Å². The SMILES string of the molecule is C/C(=N\c1ncccc1C#N)N(C)C. The molecule has 0 radical (unpaired) electrons. The molecule has 0 unspecified atom stereocenters. The second-order valence-electron chi connectivity index (χ2n) is 3.04. The largest absolute Gasteiger partial charge is 0.366 e. The van der Waals surface area contributed by atoms with Crippen LogP contribution in [-0.4, -0.2) is 29.8 Å². The van der Waals surface area contributed by atoms with E-state index in [1.807, 2.05) is 25.9 Å². The standard InChI is InChI=1S/C10H12N4/c1-8(14(2)3)13-10-9(7-11)5-4-6-12-10/h4-6H,1-3H3/b13-8+. The molecular weight excluding hydrogens is 176 g/mol. The van der Waals surface area contributed by atoms with Crippen LogP contribution in [0.15, 0.2) is 23.3 Å². The van der Waals surface area contributed by atoms with Crippen LogP contribution >= 0.6 is 0 Å². The fourth-order valence-corrected chi connectivity index (χ4v) is 0.827. The summed E-state index contributed by atoms with van der Waals surface area (Å²) in [5, 5.41) is 8.80. The lowest BCUT2D eigenvalue weighted by Crippen LogP contribution is -2.17. The Balaban J connectivity index is 3.09. The van der Waals surface area contributed by atoms with Crippen molar-refractivity contribution in [3.8, 4) is 6.07 Å². The quantitative estimate of drug-likeness (QED) is 0.496. The summed E-state index contributed by atoms with van der Waals surface area (Å²) in [6.07, 6.45) is 1.63. The number of hydrogen-bond donors (Lipinski definition) is 0. The van der Waals surface area contributed by atoms with Gasteiger partial charge in [-0.15, -0.1) is 0 Å². The summed E-state index contributed by atoms with van der Waals surface area (Å²) in [6.45, 7) is 1.87. The van der Waals surface area contributed by atoms with Gasteiger partial charge in [0, 0.05) is 20.3 Å². The summed E-state index contributed by atoms with van der Waals surface area (Å²) in [6, 6.07) is 5.48. The summed E-state index contributed by atoms with van der Waals surface area (Å²) in [7, 11) is 3.79. The fraction of sp³-hybridized carbons (Fsp3) is 0.300. The second kappa shape index (κ2) is 4.38. The minimum Gasteiger partial charge on any atom is -0.366 e. The van der Waals surface area contributed by atoms with Crippen molar-refractivity contribution in [3.05, 3.63) is 23.9 Å². The molecule has 1 aromatic heterocycles. The molecule has 0 bridgehead atoms. The Morgan fingerprint density at radius 2 is 2.29 bits per heavy atom. The van der Waals surface area contributed by atoms with E-state index in [-0.39, 0.29) is 0 Å². The minimum absolute atomic E-state index is 0.473. The first-order chi connectivity index (χ1) is 6.65. The maximum atomic E-state index is 8.80. The molecule has 0 N–H and O–H groups in total. The smallest absolute Gasteiger partial charge is 0.171 e. The number of pyridine rings is 1. The molecule has 1 rings (SSSR count). The van der Waals surface area contributed by atoms with E-state index in [0.29, 0.717) is 11.4 Å². The summed E-state index contributed by atoms with van der Waals surface area (Å²) in [5.74, 6) is 1.29. The van der Waals surface area contributed by atoms with Crippen molar-refractivity contribution in [2.24, 2.45) is 4.99 Å². The molecule has 0 atom stereocenters.